The van der Waals surface area contributed by atoms with Gasteiger partial charge in [-0.1, -0.05) is 48.1 Å². The van der Waals surface area contributed by atoms with E-state index in [0.717, 1.165) is 10.6 Å². The first-order valence-electron chi connectivity index (χ1n) is 6.98. The highest BCUT2D eigenvalue weighted by molar-refractivity contribution is 7.15. The zero-order valence-electron chi connectivity index (χ0n) is 12.2. The van der Waals surface area contributed by atoms with E-state index in [2.05, 4.69) is 15.5 Å². The van der Waals surface area contributed by atoms with E-state index < -0.39 is 23.7 Å². The standard InChI is InChI=1S/C15H15F2N3OS/c1-3-11-19-20-13(22-11)18-12(21)14(8-15(14,16)17)10-6-4-5-9(2)7-10/h4-7H,3,8H2,1-2H3,(H,18,20,21). The van der Waals surface area contributed by atoms with Crippen LogP contribution in [0.5, 0.6) is 0 Å². The zero-order valence-corrected chi connectivity index (χ0v) is 13.0. The number of rotatable bonds is 4. The van der Waals surface area contributed by atoms with Crippen LogP contribution in [0.4, 0.5) is 13.9 Å². The van der Waals surface area contributed by atoms with Gasteiger partial charge in [-0.25, -0.2) is 8.78 Å². The third-order valence-corrected chi connectivity index (χ3v) is 4.86. The molecule has 1 unspecified atom stereocenters. The van der Waals surface area contributed by atoms with Gasteiger partial charge >= 0.3 is 0 Å². The molecule has 0 spiro atoms. The van der Waals surface area contributed by atoms with Crippen molar-refractivity contribution in [3.05, 3.63) is 40.4 Å². The number of amides is 1. The summed E-state index contributed by atoms with van der Waals surface area (Å²) in [6.07, 6.45) is 0.210. The van der Waals surface area contributed by atoms with Crippen molar-refractivity contribution in [1.82, 2.24) is 10.2 Å². The van der Waals surface area contributed by atoms with E-state index in [1.807, 2.05) is 19.9 Å². The molecule has 7 heteroatoms. The Bertz CT molecular complexity index is 731. The van der Waals surface area contributed by atoms with Crippen molar-refractivity contribution in [2.45, 2.75) is 38.0 Å². The highest BCUT2D eigenvalue weighted by Gasteiger charge is 2.76. The van der Waals surface area contributed by atoms with Crippen molar-refractivity contribution in [2.24, 2.45) is 0 Å². The van der Waals surface area contributed by atoms with Crippen LogP contribution < -0.4 is 5.32 Å². The van der Waals surface area contributed by atoms with Crippen LogP contribution in [0.3, 0.4) is 0 Å². The summed E-state index contributed by atoms with van der Waals surface area (Å²) >= 11 is 1.20. The lowest BCUT2D eigenvalue weighted by atomic mass is 9.93. The van der Waals surface area contributed by atoms with Crippen LogP contribution in [-0.2, 0) is 16.6 Å². The van der Waals surface area contributed by atoms with E-state index in [9.17, 15) is 13.6 Å². The van der Waals surface area contributed by atoms with E-state index in [4.69, 9.17) is 0 Å². The van der Waals surface area contributed by atoms with Gasteiger partial charge in [-0.2, -0.15) is 0 Å². The zero-order chi connectivity index (χ0) is 16.0. The molecule has 1 aliphatic rings. The maximum Gasteiger partial charge on any atom is 0.268 e. The molecule has 0 radical (unpaired) electrons. The number of hydrogen-bond donors (Lipinski definition) is 1. The lowest BCUT2D eigenvalue weighted by Gasteiger charge is -2.16. The second kappa shape index (κ2) is 5.08. The highest BCUT2D eigenvalue weighted by Crippen LogP contribution is 2.62. The fourth-order valence-electron chi connectivity index (χ4n) is 2.54. The SMILES string of the molecule is CCc1nnc(NC(=O)C2(c3cccc(C)c3)CC2(F)F)s1. The minimum Gasteiger partial charge on any atom is -0.300 e. The third-order valence-electron chi connectivity index (χ3n) is 3.87. The molecule has 0 aliphatic heterocycles. The molecule has 1 aromatic carbocycles. The van der Waals surface area contributed by atoms with Crippen LogP contribution in [0.1, 0.15) is 29.5 Å². The van der Waals surface area contributed by atoms with Gasteiger partial charge in [-0.05, 0) is 18.9 Å². The van der Waals surface area contributed by atoms with Crippen LogP contribution in [0.2, 0.25) is 0 Å². The lowest BCUT2D eigenvalue weighted by Crippen LogP contribution is -2.33. The molecular formula is C15H15F2N3OS. The maximum atomic E-state index is 14.0. The fourth-order valence-corrected chi connectivity index (χ4v) is 3.22. The summed E-state index contributed by atoms with van der Waals surface area (Å²) in [5.74, 6) is -3.76. The smallest absolute Gasteiger partial charge is 0.268 e. The molecule has 1 atom stereocenters. The molecular weight excluding hydrogens is 308 g/mol. The Morgan fingerprint density at radius 2 is 2.14 bits per heavy atom. The molecule has 3 rings (SSSR count). The molecule has 1 saturated carbocycles. The van der Waals surface area contributed by atoms with Gasteiger partial charge in [0, 0.05) is 6.42 Å². The number of carbonyl (C=O) groups is 1. The van der Waals surface area contributed by atoms with Crippen molar-refractivity contribution in [1.29, 1.82) is 0 Å². The number of benzene rings is 1. The molecule has 0 saturated heterocycles. The van der Waals surface area contributed by atoms with E-state index in [-0.39, 0.29) is 5.13 Å². The Hall–Kier alpha value is -1.89. The Labute approximate surface area is 130 Å². The first kappa shape index (κ1) is 15.0. The molecule has 116 valence electrons. The summed E-state index contributed by atoms with van der Waals surface area (Å²) in [5.41, 5.74) is -0.608. The van der Waals surface area contributed by atoms with Gasteiger partial charge in [0.1, 0.15) is 10.4 Å². The van der Waals surface area contributed by atoms with Gasteiger partial charge in [0.2, 0.25) is 11.0 Å². The number of nitrogens with zero attached hydrogens (tertiary/aromatic N) is 2. The van der Waals surface area contributed by atoms with E-state index in [0.29, 0.717) is 12.0 Å². The van der Waals surface area contributed by atoms with Gasteiger partial charge in [-0.3, -0.25) is 10.1 Å². The Balaban J connectivity index is 1.90. The molecule has 2 aromatic rings. The lowest BCUT2D eigenvalue weighted by molar-refractivity contribution is -0.121. The minimum atomic E-state index is -3.04. The fraction of sp³-hybridized carbons (Fsp3) is 0.400. The molecule has 1 aromatic heterocycles. The van der Waals surface area contributed by atoms with Crippen LogP contribution in [0.15, 0.2) is 24.3 Å². The topological polar surface area (TPSA) is 54.9 Å². The first-order chi connectivity index (χ1) is 10.4. The molecule has 1 heterocycles. The average Bonchev–Trinajstić information content (AvgIpc) is 2.83. The summed E-state index contributed by atoms with van der Waals surface area (Å²) in [7, 11) is 0. The van der Waals surface area contributed by atoms with Crippen molar-refractivity contribution >= 4 is 22.4 Å². The number of anilines is 1. The number of hydrogen-bond acceptors (Lipinski definition) is 4. The quantitative estimate of drug-likeness (QED) is 0.939. The largest absolute Gasteiger partial charge is 0.300 e. The average molecular weight is 323 g/mol. The number of halogens is 2. The summed E-state index contributed by atoms with van der Waals surface area (Å²) in [4.78, 5) is 12.5. The second-order valence-corrected chi connectivity index (χ2v) is 6.53. The van der Waals surface area contributed by atoms with Gasteiger partial charge in [-0.15, -0.1) is 10.2 Å². The van der Waals surface area contributed by atoms with Crippen molar-refractivity contribution < 1.29 is 13.6 Å². The van der Waals surface area contributed by atoms with Crippen LogP contribution in [0.25, 0.3) is 0 Å². The molecule has 1 fully saturated rings. The van der Waals surface area contributed by atoms with Gasteiger partial charge < -0.3 is 0 Å². The van der Waals surface area contributed by atoms with Crippen molar-refractivity contribution in [3.8, 4) is 0 Å². The Morgan fingerprint density at radius 1 is 1.41 bits per heavy atom. The number of alkyl halides is 2. The predicted molar refractivity (Wildman–Crippen MR) is 80.3 cm³/mol. The number of aryl methyl sites for hydroxylation is 2. The van der Waals surface area contributed by atoms with Gasteiger partial charge in [0.25, 0.3) is 5.92 Å². The van der Waals surface area contributed by atoms with E-state index in [1.165, 1.54) is 11.3 Å². The molecule has 0 bridgehead atoms. The second-order valence-electron chi connectivity index (χ2n) is 5.46. The van der Waals surface area contributed by atoms with Crippen LogP contribution >= 0.6 is 11.3 Å². The first-order valence-corrected chi connectivity index (χ1v) is 7.79. The number of aromatic nitrogens is 2. The predicted octanol–water partition coefficient (Wildman–Crippen LogP) is 3.32. The monoisotopic (exact) mass is 323 g/mol. The molecule has 4 nitrogen and oxygen atoms in total. The van der Waals surface area contributed by atoms with Gasteiger partial charge in [0.05, 0.1) is 0 Å². The molecule has 1 aliphatic carbocycles. The number of nitrogens with one attached hydrogen (secondary N) is 1. The minimum absolute atomic E-state index is 0.261. The van der Waals surface area contributed by atoms with Crippen molar-refractivity contribution in [3.63, 3.8) is 0 Å². The Morgan fingerprint density at radius 3 is 2.68 bits per heavy atom. The van der Waals surface area contributed by atoms with E-state index >= 15 is 0 Å². The number of carbonyl (C=O) groups excluding carboxylic acids is 1. The maximum absolute atomic E-state index is 14.0. The van der Waals surface area contributed by atoms with Crippen LogP contribution in [-0.4, -0.2) is 22.0 Å². The summed E-state index contributed by atoms with van der Waals surface area (Å²) in [6, 6.07) is 6.71. The summed E-state index contributed by atoms with van der Waals surface area (Å²) in [5, 5.41) is 11.2. The molecule has 22 heavy (non-hydrogen) atoms. The van der Waals surface area contributed by atoms with Crippen LogP contribution in [0, 0.1) is 6.92 Å². The Kier molecular flexibility index (Phi) is 3.47. The molecule has 1 N–H and O–H groups in total. The normalized spacial score (nSPS) is 22.4. The summed E-state index contributed by atoms with van der Waals surface area (Å²) in [6.45, 7) is 3.73. The third kappa shape index (κ3) is 2.29. The van der Waals surface area contributed by atoms with Gasteiger partial charge in [0.15, 0.2) is 0 Å². The summed E-state index contributed by atoms with van der Waals surface area (Å²) < 4.78 is 28.0. The van der Waals surface area contributed by atoms with Crippen molar-refractivity contribution in [2.75, 3.05) is 5.32 Å². The van der Waals surface area contributed by atoms with E-state index in [1.54, 1.807) is 18.2 Å². The highest BCUT2D eigenvalue weighted by atomic mass is 32.1. The molecule has 1 amide bonds.